The maximum absolute atomic E-state index is 11.4. The van der Waals surface area contributed by atoms with Crippen molar-refractivity contribution >= 4 is 5.97 Å². The molecule has 0 saturated heterocycles. The summed E-state index contributed by atoms with van der Waals surface area (Å²) in [4.78, 5) is 11.4. The van der Waals surface area contributed by atoms with Gasteiger partial charge in [0.15, 0.2) is 0 Å². The van der Waals surface area contributed by atoms with Crippen LogP contribution in [-0.2, 0) is 4.74 Å². The van der Waals surface area contributed by atoms with E-state index in [4.69, 9.17) is 4.74 Å². The Labute approximate surface area is 94.3 Å². The van der Waals surface area contributed by atoms with Gasteiger partial charge in [0.1, 0.15) is 0 Å². The minimum Gasteiger partial charge on any atom is -0.465 e. The summed E-state index contributed by atoms with van der Waals surface area (Å²) < 4.78 is 6.67. The Morgan fingerprint density at radius 3 is 2.56 bits per heavy atom. The third kappa shape index (κ3) is 1.84. The number of esters is 1. The van der Waals surface area contributed by atoms with E-state index in [0.29, 0.717) is 5.56 Å². The van der Waals surface area contributed by atoms with Gasteiger partial charge in [-0.3, -0.25) is 0 Å². The Bertz CT molecular complexity index is 501. The molecule has 16 heavy (non-hydrogen) atoms. The molecule has 0 atom stereocenters. The van der Waals surface area contributed by atoms with Crippen molar-refractivity contribution in [1.29, 1.82) is 0 Å². The lowest BCUT2D eigenvalue weighted by atomic mass is 10.1. The summed E-state index contributed by atoms with van der Waals surface area (Å²) in [5, 5.41) is 0. The molecular weight excluding hydrogens is 202 g/mol. The molecule has 0 aliphatic carbocycles. The van der Waals surface area contributed by atoms with Crippen LogP contribution in [0.3, 0.4) is 0 Å². The summed E-state index contributed by atoms with van der Waals surface area (Å²) >= 11 is 0. The van der Waals surface area contributed by atoms with Crippen LogP contribution >= 0.6 is 0 Å². The molecule has 0 unspecified atom stereocenters. The molecule has 3 nitrogen and oxygen atoms in total. The van der Waals surface area contributed by atoms with E-state index in [0.717, 1.165) is 11.3 Å². The van der Waals surface area contributed by atoms with Crippen molar-refractivity contribution in [2.24, 2.45) is 0 Å². The van der Waals surface area contributed by atoms with Crippen molar-refractivity contribution in [2.45, 2.75) is 6.92 Å². The van der Waals surface area contributed by atoms with Crippen LogP contribution in [0.15, 0.2) is 42.7 Å². The van der Waals surface area contributed by atoms with Crippen molar-refractivity contribution in [1.82, 2.24) is 4.57 Å². The van der Waals surface area contributed by atoms with Crippen LogP contribution in [0.4, 0.5) is 0 Å². The van der Waals surface area contributed by atoms with E-state index in [1.807, 2.05) is 48.1 Å². The Balaban J connectivity index is 2.49. The number of carbonyl (C=O) groups excluding carboxylic acids is 1. The number of aryl methyl sites for hydroxylation is 1. The van der Waals surface area contributed by atoms with Crippen LogP contribution in [0.5, 0.6) is 0 Å². The van der Waals surface area contributed by atoms with Crippen LogP contribution in [-0.4, -0.2) is 17.6 Å². The van der Waals surface area contributed by atoms with Crippen molar-refractivity contribution in [3.63, 3.8) is 0 Å². The third-order valence-electron chi connectivity index (χ3n) is 2.51. The maximum atomic E-state index is 11.4. The minimum atomic E-state index is -0.312. The number of aromatic nitrogens is 1. The lowest BCUT2D eigenvalue weighted by Gasteiger charge is -2.09. The molecule has 2 aromatic rings. The van der Waals surface area contributed by atoms with E-state index < -0.39 is 0 Å². The van der Waals surface area contributed by atoms with Gasteiger partial charge >= 0.3 is 5.97 Å². The van der Waals surface area contributed by atoms with Crippen LogP contribution in [0, 0.1) is 6.92 Å². The first-order chi connectivity index (χ1) is 7.72. The summed E-state index contributed by atoms with van der Waals surface area (Å²) in [6.07, 6.45) is 3.90. The van der Waals surface area contributed by atoms with Gasteiger partial charge in [0.2, 0.25) is 0 Å². The molecule has 82 valence electrons. The molecular formula is C13H13NO2. The topological polar surface area (TPSA) is 31.2 Å². The van der Waals surface area contributed by atoms with Gasteiger partial charge in [-0.1, -0.05) is 6.07 Å². The number of ether oxygens (including phenoxy) is 1. The Morgan fingerprint density at radius 2 is 1.94 bits per heavy atom. The van der Waals surface area contributed by atoms with Crippen molar-refractivity contribution in [3.8, 4) is 5.69 Å². The van der Waals surface area contributed by atoms with E-state index >= 15 is 0 Å². The van der Waals surface area contributed by atoms with Gasteiger partial charge in [0.25, 0.3) is 0 Å². The van der Waals surface area contributed by atoms with E-state index in [-0.39, 0.29) is 5.97 Å². The van der Waals surface area contributed by atoms with Gasteiger partial charge in [-0.05, 0) is 36.8 Å². The summed E-state index contributed by atoms with van der Waals surface area (Å²) in [7, 11) is 1.39. The number of rotatable bonds is 2. The van der Waals surface area contributed by atoms with Crippen molar-refractivity contribution in [2.75, 3.05) is 7.11 Å². The molecule has 0 spiro atoms. The van der Waals surface area contributed by atoms with Gasteiger partial charge < -0.3 is 9.30 Å². The molecule has 0 saturated carbocycles. The molecule has 0 amide bonds. The monoisotopic (exact) mass is 215 g/mol. The first-order valence-electron chi connectivity index (χ1n) is 5.04. The minimum absolute atomic E-state index is 0.312. The van der Waals surface area contributed by atoms with Crippen LogP contribution < -0.4 is 0 Å². The number of nitrogens with zero attached hydrogens (tertiary/aromatic N) is 1. The number of carbonyl (C=O) groups is 1. The highest BCUT2D eigenvalue weighted by Crippen LogP contribution is 2.16. The highest BCUT2D eigenvalue weighted by molar-refractivity contribution is 5.90. The molecule has 0 N–H and O–H groups in total. The maximum Gasteiger partial charge on any atom is 0.337 e. The zero-order chi connectivity index (χ0) is 11.5. The number of hydrogen-bond acceptors (Lipinski definition) is 2. The normalized spacial score (nSPS) is 10.1. The fourth-order valence-electron chi connectivity index (χ4n) is 1.63. The second kappa shape index (κ2) is 4.23. The fraction of sp³-hybridized carbons (Fsp3) is 0.154. The quantitative estimate of drug-likeness (QED) is 0.721. The standard InChI is InChI=1S/C13H13NO2/c1-10-5-6-11(13(15)16-2)9-12(10)14-7-3-4-8-14/h3-9H,1-2H3. The molecule has 2 rings (SSSR count). The van der Waals surface area contributed by atoms with E-state index in [1.165, 1.54) is 7.11 Å². The molecule has 0 aliphatic rings. The van der Waals surface area contributed by atoms with Crippen LogP contribution in [0.2, 0.25) is 0 Å². The predicted molar refractivity (Wildman–Crippen MR) is 61.8 cm³/mol. The summed E-state index contributed by atoms with van der Waals surface area (Å²) in [5.41, 5.74) is 2.67. The molecule has 0 bridgehead atoms. The van der Waals surface area contributed by atoms with Crippen molar-refractivity contribution < 1.29 is 9.53 Å². The zero-order valence-corrected chi connectivity index (χ0v) is 9.31. The lowest BCUT2D eigenvalue weighted by molar-refractivity contribution is 0.0600. The van der Waals surface area contributed by atoms with E-state index in [2.05, 4.69) is 0 Å². The summed E-state index contributed by atoms with van der Waals surface area (Å²) in [6.45, 7) is 2.01. The number of hydrogen-bond donors (Lipinski definition) is 0. The SMILES string of the molecule is COC(=O)c1ccc(C)c(-n2cccc2)c1. The Kier molecular flexibility index (Phi) is 2.77. The predicted octanol–water partition coefficient (Wildman–Crippen LogP) is 2.57. The molecule has 1 heterocycles. The average Bonchev–Trinajstić information content (AvgIpc) is 2.82. The molecule has 0 radical (unpaired) electrons. The third-order valence-corrected chi connectivity index (χ3v) is 2.51. The highest BCUT2D eigenvalue weighted by atomic mass is 16.5. The van der Waals surface area contributed by atoms with Gasteiger partial charge in [-0.15, -0.1) is 0 Å². The van der Waals surface area contributed by atoms with Crippen LogP contribution in [0.1, 0.15) is 15.9 Å². The Hall–Kier alpha value is -2.03. The summed E-state index contributed by atoms with van der Waals surface area (Å²) in [6, 6.07) is 9.42. The second-order valence-corrected chi connectivity index (χ2v) is 3.58. The fourth-order valence-corrected chi connectivity index (χ4v) is 1.63. The highest BCUT2D eigenvalue weighted by Gasteiger charge is 2.08. The number of methoxy groups -OCH3 is 1. The largest absolute Gasteiger partial charge is 0.465 e. The second-order valence-electron chi connectivity index (χ2n) is 3.58. The summed E-state index contributed by atoms with van der Waals surface area (Å²) in [5.74, 6) is -0.312. The van der Waals surface area contributed by atoms with E-state index in [1.54, 1.807) is 6.07 Å². The van der Waals surface area contributed by atoms with Gasteiger partial charge in [-0.25, -0.2) is 4.79 Å². The zero-order valence-electron chi connectivity index (χ0n) is 9.31. The smallest absolute Gasteiger partial charge is 0.337 e. The first-order valence-corrected chi connectivity index (χ1v) is 5.04. The first kappa shape index (κ1) is 10.5. The van der Waals surface area contributed by atoms with Gasteiger partial charge in [0, 0.05) is 18.1 Å². The van der Waals surface area contributed by atoms with Crippen LogP contribution in [0.25, 0.3) is 5.69 Å². The molecule has 3 heteroatoms. The lowest BCUT2D eigenvalue weighted by Crippen LogP contribution is -2.03. The molecule has 1 aromatic carbocycles. The number of benzene rings is 1. The van der Waals surface area contributed by atoms with Gasteiger partial charge in [0.05, 0.1) is 12.7 Å². The molecule has 0 aliphatic heterocycles. The Morgan fingerprint density at radius 1 is 1.25 bits per heavy atom. The average molecular weight is 215 g/mol. The van der Waals surface area contributed by atoms with Gasteiger partial charge in [-0.2, -0.15) is 0 Å². The molecule has 0 fully saturated rings. The van der Waals surface area contributed by atoms with Crippen molar-refractivity contribution in [3.05, 3.63) is 53.9 Å². The van der Waals surface area contributed by atoms with E-state index in [9.17, 15) is 4.79 Å². The molecule has 1 aromatic heterocycles.